The monoisotopic (exact) mass is 273 g/mol. The van der Waals surface area contributed by atoms with Crippen molar-refractivity contribution in [3.63, 3.8) is 0 Å². The third-order valence-electron chi connectivity index (χ3n) is 2.48. The molecule has 0 bridgehead atoms. The molecule has 1 unspecified atom stereocenters. The summed E-state index contributed by atoms with van der Waals surface area (Å²) in [5, 5.41) is 8.94. The maximum absolute atomic E-state index is 13.5. The fraction of sp³-hybridized carbons (Fsp3) is 0.333. The summed E-state index contributed by atoms with van der Waals surface area (Å²) < 4.78 is 13.5. The smallest absolute Gasteiger partial charge is 0.308 e. The average molecular weight is 274 g/mol. The van der Waals surface area contributed by atoms with Gasteiger partial charge in [0.2, 0.25) is 0 Å². The molecule has 18 heavy (non-hydrogen) atoms. The molecule has 98 valence electrons. The van der Waals surface area contributed by atoms with Crippen molar-refractivity contribution in [1.29, 1.82) is 0 Å². The van der Waals surface area contributed by atoms with Crippen molar-refractivity contribution in [3.8, 4) is 0 Å². The number of carboxylic acid groups (broad SMARTS) is 1. The number of benzene rings is 1. The lowest BCUT2D eigenvalue weighted by molar-refractivity contribution is -0.141. The molecule has 1 N–H and O–H groups in total. The van der Waals surface area contributed by atoms with Crippen LogP contribution in [-0.4, -0.2) is 35.5 Å². The van der Waals surface area contributed by atoms with E-state index >= 15 is 0 Å². The predicted molar refractivity (Wildman–Crippen MR) is 65.2 cm³/mol. The highest BCUT2D eigenvalue weighted by Crippen LogP contribution is 2.16. The van der Waals surface area contributed by atoms with E-state index in [2.05, 4.69) is 0 Å². The van der Waals surface area contributed by atoms with Gasteiger partial charge < -0.3 is 10.0 Å². The van der Waals surface area contributed by atoms with Crippen molar-refractivity contribution in [2.45, 2.75) is 6.92 Å². The van der Waals surface area contributed by atoms with Crippen LogP contribution in [0.3, 0.4) is 0 Å². The molecule has 4 nitrogen and oxygen atoms in total. The van der Waals surface area contributed by atoms with Gasteiger partial charge in [-0.2, -0.15) is 0 Å². The summed E-state index contributed by atoms with van der Waals surface area (Å²) in [7, 11) is 1.43. The SMILES string of the molecule is CC(CN(C)C(=O)c1ccc(Cl)cc1F)C(=O)O. The van der Waals surface area contributed by atoms with Crippen LogP contribution in [0.25, 0.3) is 0 Å². The minimum Gasteiger partial charge on any atom is -0.481 e. The summed E-state index contributed by atoms with van der Waals surface area (Å²) in [5.41, 5.74) is -0.125. The molecule has 0 fully saturated rings. The molecule has 1 amide bonds. The lowest BCUT2D eigenvalue weighted by Gasteiger charge is -2.19. The van der Waals surface area contributed by atoms with Crippen molar-refractivity contribution >= 4 is 23.5 Å². The van der Waals surface area contributed by atoms with Gasteiger partial charge in [0.1, 0.15) is 5.82 Å². The molecule has 1 rings (SSSR count). The van der Waals surface area contributed by atoms with Crippen LogP contribution in [0, 0.1) is 11.7 Å². The number of aliphatic carboxylic acids is 1. The van der Waals surface area contributed by atoms with Crippen molar-refractivity contribution in [2.75, 3.05) is 13.6 Å². The van der Waals surface area contributed by atoms with E-state index in [4.69, 9.17) is 16.7 Å². The lowest BCUT2D eigenvalue weighted by Crippen LogP contribution is -2.34. The number of nitrogens with zero attached hydrogens (tertiary/aromatic N) is 1. The van der Waals surface area contributed by atoms with Crippen molar-refractivity contribution in [2.24, 2.45) is 5.92 Å². The standard InChI is InChI=1S/C12H13ClFNO3/c1-7(12(17)18)6-15(2)11(16)9-4-3-8(13)5-10(9)14/h3-5,7H,6H2,1-2H3,(H,17,18). The van der Waals surface area contributed by atoms with E-state index in [1.165, 1.54) is 31.0 Å². The van der Waals surface area contributed by atoms with Crippen molar-refractivity contribution < 1.29 is 19.1 Å². The first-order chi connectivity index (χ1) is 8.32. The fourth-order valence-electron chi connectivity index (χ4n) is 1.44. The number of carbonyl (C=O) groups is 2. The third-order valence-corrected chi connectivity index (χ3v) is 2.71. The molecule has 1 atom stereocenters. The van der Waals surface area contributed by atoms with Crippen LogP contribution < -0.4 is 0 Å². The minimum absolute atomic E-state index is 0.0102. The number of hydrogen-bond acceptors (Lipinski definition) is 2. The molecule has 0 saturated carbocycles. The molecule has 0 aromatic heterocycles. The van der Waals surface area contributed by atoms with Gasteiger partial charge in [-0.15, -0.1) is 0 Å². The summed E-state index contributed by atoms with van der Waals surface area (Å²) in [6, 6.07) is 3.73. The Hall–Kier alpha value is -1.62. The molecule has 0 aliphatic rings. The topological polar surface area (TPSA) is 57.6 Å². The minimum atomic E-state index is -1.01. The molecule has 0 heterocycles. The van der Waals surface area contributed by atoms with Gasteiger partial charge in [0.05, 0.1) is 11.5 Å². The highest BCUT2D eigenvalue weighted by atomic mass is 35.5. The van der Waals surface area contributed by atoms with Crippen molar-refractivity contribution in [3.05, 3.63) is 34.6 Å². The normalized spacial score (nSPS) is 12.0. The van der Waals surface area contributed by atoms with E-state index < -0.39 is 23.6 Å². The van der Waals surface area contributed by atoms with Crippen molar-refractivity contribution in [1.82, 2.24) is 4.90 Å². The zero-order valence-corrected chi connectivity index (χ0v) is 10.7. The Morgan fingerprint density at radius 2 is 2.11 bits per heavy atom. The number of carbonyl (C=O) groups excluding carboxylic acids is 1. The first-order valence-corrected chi connectivity index (χ1v) is 5.64. The Labute approximate surface area is 109 Å². The van der Waals surface area contributed by atoms with E-state index in [9.17, 15) is 14.0 Å². The molecule has 6 heteroatoms. The van der Waals surface area contributed by atoms with Crippen LogP contribution in [0.2, 0.25) is 5.02 Å². The Bertz CT molecular complexity index is 478. The fourth-order valence-corrected chi connectivity index (χ4v) is 1.60. The maximum atomic E-state index is 13.5. The Morgan fingerprint density at radius 3 is 2.61 bits per heavy atom. The molecule has 0 saturated heterocycles. The quantitative estimate of drug-likeness (QED) is 0.915. The van der Waals surface area contributed by atoms with E-state index in [0.29, 0.717) is 0 Å². The third kappa shape index (κ3) is 3.43. The van der Waals surface area contributed by atoms with Crippen LogP contribution in [0.15, 0.2) is 18.2 Å². The van der Waals surface area contributed by atoms with Crippen LogP contribution in [0.4, 0.5) is 4.39 Å². The largest absolute Gasteiger partial charge is 0.481 e. The summed E-state index contributed by atoms with van der Waals surface area (Å²) in [6.45, 7) is 1.49. The molecule has 0 radical (unpaired) electrons. The summed E-state index contributed by atoms with van der Waals surface area (Å²) in [6.07, 6.45) is 0. The van der Waals surface area contributed by atoms with Crippen LogP contribution in [0.1, 0.15) is 17.3 Å². The second-order valence-corrected chi connectivity index (χ2v) is 4.49. The van der Waals surface area contributed by atoms with Crippen LogP contribution >= 0.6 is 11.6 Å². The molecule has 1 aromatic carbocycles. The number of halogens is 2. The van der Waals surface area contributed by atoms with Gasteiger partial charge in [-0.05, 0) is 18.2 Å². The highest BCUT2D eigenvalue weighted by molar-refractivity contribution is 6.30. The van der Waals surface area contributed by atoms with E-state index in [1.807, 2.05) is 0 Å². The molecule has 1 aromatic rings. The Balaban J connectivity index is 2.83. The molecular formula is C12H13ClFNO3. The highest BCUT2D eigenvalue weighted by Gasteiger charge is 2.20. The second kappa shape index (κ2) is 5.82. The molecule has 0 aliphatic heterocycles. The predicted octanol–water partition coefficient (Wildman–Crippen LogP) is 2.27. The Kier molecular flexibility index (Phi) is 4.67. The van der Waals surface area contributed by atoms with Gasteiger partial charge in [0.25, 0.3) is 5.91 Å². The van der Waals surface area contributed by atoms with E-state index in [1.54, 1.807) is 0 Å². The first kappa shape index (κ1) is 14.4. The lowest BCUT2D eigenvalue weighted by atomic mass is 10.1. The number of hydrogen-bond donors (Lipinski definition) is 1. The van der Waals surface area contributed by atoms with Gasteiger partial charge in [0, 0.05) is 18.6 Å². The van der Waals surface area contributed by atoms with E-state index in [0.717, 1.165) is 6.07 Å². The van der Waals surface area contributed by atoms with Gasteiger partial charge in [-0.3, -0.25) is 9.59 Å². The van der Waals surface area contributed by atoms with E-state index in [-0.39, 0.29) is 17.1 Å². The zero-order valence-electron chi connectivity index (χ0n) is 9.98. The average Bonchev–Trinajstić information content (AvgIpc) is 2.27. The molecule has 0 aliphatic carbocycles. The maximum Gasteiger partial charge on any atom is 0.308 e. The molecular weight excluding hydrogens is 261 g/mol. The number of rotatable bonds is 4. The molecule has 0 spiro atoms. The first-order valence-electron chi connectivity index (χ1n) is 5.26. The summed E-state index contributed by atoms with van der Waals surface area (Å²) >= 11 is 5.58. The summed E-state index contributed by atoms with van der Waals surface area (Å²) in [5.74, 6) is -3.01. The zero-order chi connectivity index (χ0) is 13.9. The van der Waals surface area contributed by atoms with Gasteiger partial charge in [-0.25, -0.2) is 4.39 Å². The van der Waals surface area contributed by atoms with Crippen LogP contribution in [-0.2, 0) is 4.79 Å². The number of carboxylic acids is 1. The van der Waals surface area contributed by atoms with Gasteiger partial charge in [-0.1, -0.05) is 18.5 Å². The van der Waals surface area contributed by atoms with Crippen LogP contribution in [0.5, 0.6) is 0 Å². The summed E-state index contributed by atoms with van der Waals surface area (Å²) in [4.78, 5) is 23.7. The second-order valence-electron chi connectivity index (χ2n) is 4.05. The number of amides is 1. The Morgan fingerprint density at radius 1 is 1.50 bits per heavy atom. The van der Waals surface area contributed by atoms with Gasteiger partial charge in [0.15, 0.2) is 0 Å². The van der Waals surface area contributed by atoms with Gasteiger partial charge >= 0.3 is 5.97 Å².